The summed E-state index contributed by atoms with van der Waals surface area (Å²) in [7, 11) is -4.01. The van der Waals surface area contributed by atoms with Crippen molar-refractivity contribution in [3.8, 4) is 5.75 Å². The third-order valence-electron chi connectivity index (χ3n) is 6.17. The van der Waals surface area contributed by atoms with Crippen molar-refractivity contribution >= 4 is 27.7 Å². The first-order valence-electron chi connectivity index (χ1n) is 11.4. The molecule has 1 heterocycles. The lowest BCUT2D eigenvalue weighted by molar-refractivity contribution is 0.0751. The molecule has 3 aromatic rings. The van der Waals surface area contributed by atoms with Gasteiger partial charge in [0, 0.05) is 23.4 Å². The first kappa shape index (κ1) is 26.2. The minimum Gasteiger partial charge on any atom is -0.508 e. The van der Waals surface area contributed by atoms with Crippen molar-refractivity contribution in [2.45, 2.75) is 35.8 Å². The molecule has 3 N–H and O–H groups in total. The number of aliphatic hydroxyl groups is 1. The molecular weight excluding hydrogens is 503 g/mol. The van der Waals surface area contributed by atoms with Crippen LogP contribution in [0.5, 0.6) is 5.75 Å². The lowest BCUT2D eigenvalue weighted by Gasteiger charge is -2.33. The van der Waals surface area contributed by atoms with Gasteiger partial charge in [0.2, 0.25) is 10.0 Å². The topological polar surface area (TPSA) is 107 Å². The van der Waals surface area contributed by atoms with E-state index in [4.69, 9.17) is 0 Å². The second-order valence-corrected chi connectivity index (χ2v) is 11.7. The molecule has 1 aliphatic rings. The van der Waals surface area contributed by atoms with Gasteiger partial charge in [0.05, 0.1) is 16.3 Å². The average molecular weight is 531 g/mol. The highest BCUT2D eigenvalue weighted by atomic mass is 32.2. The lowest BCUT2D eigenvalue weighted by atomic mass is 9.99. The van der Waals surface area contributed by atoms with Gasteiger partial charge in [-0.2, -0.15) is 4.31 Å². The van der Waals surface area contributed by atoms with Crippen LogP contribution < -0.4 is 5.32 Å². The molecular formula is C26H27FN2O5S2. The molecule has 0 radical (unpaired) electrons. The fraction of sp³-hybridized carbons (Fsp3) is 0.269. The number of nitrogens with one attached hydrogen (secondary N) is 1. The third-order valence-corrected chi connectivity index (χ3v) is 9.50. The van der Waals surface area contributed by atoms with E-state index >= 15 is 0 Å². The Balaban J connectivity index is 1.63. The van der Waals surface area contributed by atoms with E-state index in [-0.39, 0.29) is 29.2 Å². The number of nitrogens with zero attached hydrogens (tertiary/aromatic N) is 1. The summed E-state index contributed by atoms with van der Waals surface area (Å²) in [5.74, 6) is -0.598. The minimum atomic E-state index is -4.01. The number of benzene rings is 3. The molecule has 0 saturated carbocycles. The molecule has 10 heteroatoms. The molecule has 1 unspecified atom stereocenters. The van der Waals surface area contributed by atoms with Crippen LogP contribution in [0.15, 0.2) is 77.7 Å². The molecule has 0 bridgehead atoms. The smallest absolute Gasteiger partial charge is 0.252 e. The van der Waals surface area contributed by atoms with Gasteiger partial charge in [-0.05, 0) is 55.3 Å². The summed E-state index contributed by atoms with van der Waals surface area (Å²) in [5.41, 5.74) is 1.51. The van der Waals surface area contributed by atoms with Gasteiger partial charge in [-0.25, -0.2) is 12.8 Å². The van der Waals surface area contributed by atoms with Gasteiger partial charge >= 0.3 is 0 Å². The van der Waals surface area contributed by atoms with Crippen molar-refractivity contribution in [1.82, 2.24) is 9.62 Å². The molecule has 3 atom stereocenters. The Morgan fingerprint density at radius 2 is 1.81 bits per heavy atom. The van der Waals surface area contributed by atoms with Crippen LogP contribution in [0.25, 0.3) is 0 Å². The SMILES string of the molecule is Cc1c(O)cccc1C(=O)N[C@H](Cc1ccccc1)[C@H](O)C1SCCN1S(=O)(=O)c1ccc(F)cc1. The van der Waals surface area contributed by atoms with E-state index in [0.29, 0.717) is 11.3 Å². The maximum absolute atomic E-state index is 13.4. The van der Waals surface area contributed by atoms with Gasteiger partial charge in [0.25, 0.3) is 5.91 Å². The van der Waals surface area contributed by atoms with E-state index in [1.807, 2.05) is 30.3 Å². The minimum absolute atomic E-state index is 0.0225. The van der Waals surface area contributed by atoms with Crippen molar-refractivity contribution in [1.29, 1.82) is 0 Å². The first-order valence-corrected chi connectivity index (χ1v) is 13.9. The highest BCUT2D eigenvalue weighted by Gasteiger charge is 2.43. The number of phenols is 1. The third kappa shape index (κ3) is 5.57. The lowest BCUT2D eigenvalue weighted by Crippen LogP contribution is -2.53. The molecule has 7 nitrogen and oxygen atoms in total. The van der Waals surface area contributed by atoms with Gasteiger partial charge in [-0.15, -0.1) is 11.8 Å². The largest absolute Gasteiger partial charge is 0.508 e. The van der Waals surface area contributed by atoms with E-state index in [1.165, 1.54) is 34.3 Å². The van der Waals surface area contributed by atoms with Crippen LogP contribution in [0.4, 0.5) is 4.39 Å². The van der Waals surface area contributed by atoms with Crippen molar-refractivity contribution in [3.05, 3.63) is 95.3 Å². The number of thioether (sulfide) groups is 1. The van der Waals surface area contributed by atoms with Crippen molar-refractivity contribution < 1.29 is 27.8 Å². The molecule has 1 fully saturated rings. The highest BCUT2D eigenvalue weighted by Crippen LogP contribution is 2.34. The fourth-order valence-electron chi connectivity index (χ4n) is 4.18. The molecule has 0 spiro atoms. The maximum atomic E-state index is 13.4. The van der Waals surface area contributed by atoms with Gasteiger partial charge in [0.1, 0.15) is 17.7 Å². The van der Waals surface area contributed by atoms with Gasteiger partial charge in [-0.1, -0.05) is 36.4 Å². The van der Waals surface area contributed by atoms with Crippen LogP contribution in [0.3, 0.4) is 0 Å². The summed E-state index contributed by atoms with van der Waals surface area (Å²) in [4.78, 5) is 13.1. The number of phenolic OH excluding ortho intramolecular Hbond substituents is 1. The monoisotopic (exact) mass is 530 g/mol. The van der Waals surface area contributed by atoms with Gasteiger partial charge in [0.15, 0.2) is 0 Å². The molecule has 36 heavy (non-hydrogen) atoms. The maximum Gasteiger partial charge on any atom is 0.252 e. The van der Waals surface area contributed by atoms with Gasteiger partial charge in [-0.3, -0.25) is 4.79 Å². The van der Waals surface area contributed by atoms with Crippen molar-refractivity contribution in [2.24, 2.45) is 0 Å². The highest BCUT2D eigenvalue weighted by molar-refractivity contribution is 8.01. The Morgan fingerprint density at radius 3 is 2.50 bits per heavy atom. The summed E-state index contributed by atoms with van der Waals surface area (Å²) < 4.78 is 41.2. The van der Waals surface area contributed by atoms with E-state index in [0.717, 1.165) is 17.7 Å². The molecule has 4 rings (SSSR count). The molecule has 0 aliphatic carbocycles. The van der Waals surface area contributed by atoms with Crippen LogP contribution in [0, 0.1) is 12.7 Å². The predicted molar refractivity (Wildman–Crippen MR) is 137 cm³/mol. The number of rotatable bonds is 8. The van der Waals surface area contributed by atoms with E-state index < -0.39 is 39.3 Å². The summed E-state index contributed by atoms with van der Waals surface area (Å²) in [6.07, 6.45) is -0.998. The van der Waals surface area contributed by atoms with Crippen LogP contribution in [-0.4, -0.2) is 58.7 Å². The molecule has 190 valence electrons. The second kappa shape index (κ2) is 11.0. The Bertz CT molecular complexity index is 1320. The number of sulfonamides is 1. The number of carbonyl (C=O) groups excluding carboxylic acids is 1. The summed E-state index contributed by atoms with van der Waals surface area (Å²) in [5, 5.41) is 23.5. The Hall–Kier alpha value is -2.92. The number of amides is 1. The number of aliphatic hydroxyl groups excluding tert-OH is 1. The van der Waals surface area contributed by atoms with Crippen molar-refractivity contribution in [3.63, 3.8) is 0 Å². The predicted octanol–water partition coefficient (Wildman–Crippen LogP) is 3.31. The van der Waals surface area contributed by atoms with Crippen molar-refractivity contribution in [2.75, 3.05) is 12.3 Å². The average Bonchev–Trinajstić information content (AvgIpc) is 3.37. The molecule has 0 aromatic heterocycles. The zero-order chi connectivity index (χ0) is 25.9. The normalized spacial score (nSPS) is 18.0. The number of hydrogen-bond acceptors (Lipinski definition) is 6. The number of carbonyl (C=O) groups is 1. The fourth-order valence-corrected chi connectivity index (χ4v) is 7.50. The zero-order valence-corrected chi connectivity index (χ0v) is 21.2. The van der Waals surface area contributed by atoms with E-state index in [9.17, 15) is 27.8 Å². The molecule has 1 aliphatic heterocycles. The Morgan fingerprint density at radius 1 is 1.11 bits per heavy atom. The number of hydrogen-bond donors (Lipinski definition) is 3. The standard InChI is InChI=1S/C26H27FN2O5S2/c1-17-21(8-5-9-23(17)30)25(32)28-22(16-18-6-3-2-4-7-18)24(31)26-29(14-15-35-26)36(33,34)20-12-10-19(27)11-13-20/h2-13,22,24,26,30-31H,14-16H2,1H3,(H,28,32)/t22-,24+,26?/m1/s1. The summed E-state index contributed by atoms with van der Waals surface area (Å²) >= 11 is 1.28. The second-order valence-electron chi connectivity index (χ2n) is 8.54. The summed E-state index contributed by atoms with van der Waals surface area (Å²) in [6.45, 7) is 1.79. The Labute approximate surface area is 214 Å². The number of aromatic hydroxyl groups is 1. The van der Waals surface area contributed by atoms with E-state index in [1.54, 1.807) is 19.1 Å². The van der Waals surface area contributed by atoms with Crippen LogP contribution >= 0.6 is 11.8 Å². The summed E-state index contributed by atoms with van der Waals surface area (Å²) in [6, 6.07) is 17.6. The Kier molecular flexibility index (Phi) is 7.99. The van der Waals surface area contributed by atoms with Crippen LogP contribution in [-0.2, 0) is 16.4 Å². The molecule has 1 amide bonds. The number of halogens is 1. The molecule has 3 aromatic carbocycles. The molecule has 1 saturated heterocycles. The van der Waals surface area contributed by atoms with E-state index in [2.05, 4.69) is 5.32 Å². The zero-order valence-electron chi connectivity index (χ0n) is 19.5. The van der Waals surface area contributed by atoms with Crippen LogP contribution in [0.1, 0.15) is 21.5 Å². The first-order chi connectivity index (χ1) is 17.2. The quantitative estimate of drug-likeness (QED) is 0.413. The van der Waals surface area contributed by atoms with Crippen LogP contribution in [0.2, 0.25) is 0 Å². The van der Waals surface area contributed by atoms with Gasteiger partial charge < -0.3 is 15.5 Å².